The standard InChI is InChI=1S/C13H12F3N3OS/c1-7-10(18-8(2)21-7)12(20)19-11(13(14,15)16)9-4-3-5-17-6-9/h3-6,11H,1-2H3,(H,19,20)/t11-/m1/s1. The van der Waals surface area contributed by atoms with Crippen molar-refractivity contribution < 1.29 is 18.0 Å². The van der Waals surface area contributed by atoms with Crippen LogP contribution >= 0.6 is 11.3 Å². The van der Waals surface area contributed by atoms with Crippen LogP contribution < -0.4 is 5.32 Å². The van der Waals surface area contributed by atoms with Gasteiger partial charge in [-0.3, -0.25) is 9.78 Å². The summed E-state index contributed by atoms with van der Waals surface area (Å²) in [6.07, 6.45) is -2.16. The molecule has 0 aliphatic carbocycles. The van der Waals surface area contributed by atoms with Crippen molar-refractivity contribution in [2.75, 3.05) is 0 Å². The summed E-state index contributed by atoms with van der Waals surface area (Å²) in [6.45, 7) is 3.34. The number of hydrogen-bond donors (Lipinski definition) is 1. The van der Waals surface area contributed by atoms with Gasteiger partial charge in [-0.1, -0.05) is 6.07 Å². The third-order valence-corrected chi connectivity index (χ3v) is 3.63. The van der Waals surface area contributed by atoms with Gasteiger partial charge in [0.1, 0.15) is 5.69 Å². The maximum atomic E-state index is 13.1. The Balaban J connectivity index is 2.28. The highest BCUT2D eigenvalue weighted by Crippen LogP contribution is 2.32. The number of halogens is 3. The van der Waals surface area contributed by atoms with Gasteiger partial charge in [0, 0.05) is 22.8 Å². The summed E-state index contributed by atoms with van der Waals surface area (Å²) in [5, 5.41) is 2.61. The van der Waals surface area contributed by atoms with Crippen molar-refractivity contribution in [3.8, 4) is 0 Å². The first-order chi connectivity index (χ1) is 9.79. The number of carbonyl (C=O) groups is 1. The molecule has 0 aliphatic heterocycles. The topological polar surface area (TPSA) is 54.9 Å². The number of nitrogens with zero attached hydrogens (tertiary/aromatic N) is 2. The average molecular weight is 315 g/mol. The lowest BCUT2D eigenvalue weighted by atomic mass is 10.1. The molecular formula is C13H12F3N3OS. The summed E-state index contributed by atoms with van der Waals surface area (Å²) in [5.74, 6) is -0.844. The Morgan fingerprint density at radius 3 is 2.57 bits per heavy atom. The van der Waals surface area contributed by atoms with Gasteiger partial charge in [-0.2, -0.15) is 13.2 Å². The molecule has 0 fully saturated rings. The minimum absolute atomic E-state index is 0.0237. The summed E-state index contributed by atoms with van der Waals surface area (Å²) in [7, 11) is 0. The molecule has 112 valence electrons. The molecule has 1 N–H and O–H groups in total. The van der Waals surface area contributed by atoms with Crippen LogP contribution in [0.5, 0.6) is 0 Å². The Kier molecular flexibility index (Phi) is 4.26. The number of pyridine rings is 1. The van der Waals surface area contributed by atoms with Crippen molar-refractivity contribution in [1.29, 1.82) is 0 Å². The van der Waals surface area contributed by atoms with Crippen molar-refractivity contribution in [1.82, 2.24) is 15.3 Å². The van der Waals surface area contributed by atoms with Crippen molar-refractivity contribution in [3.05, 3.63) is 45.7 Å². The number of aromatic nitrogens is 2. The second-order valence-electron chi connectivity index (χ2n) is 4.37. The van der Waals surface area contributed by atoms with E-state index in [2.05, 4.69) is 9.97 Å². The first kappa shape index (κ1) is 15.4. The number of nitrogens with one attached hydrogen (secondary N) is 1. The number of rotatable bonds is 3. The van der Waals surface area contributed by atoms with E-state index >= 15 is 0 Å². The number of thiazole rings is 1. The Morgan fingerprint density at radius 2 is 2.10 bits per heavy atom. The molecule has 2 rings (SSSR count). The fraction of sp³-hybridized carbons (Fsp3) is 0.308. The maximum absolute atomic E-state index is 13.1. The third-order valence-electron chi connectivity index (χ3n) is 2.74. The molecule has 0 aromatic carbocycles. The van der Waals surface area contributed by atoms with Crippen LogP contribution in [0.15, 0.2) is 24.5 Å². The highest BCUT2D eigenvalue weighted by molar-refractivity contribution is 7.11. The average Bonchev–Trinajstić information content (AvgIpc) is 2.74. The van der Waals surface area contributed by atoms with Crippen molar-refractivity contribution >= 4 is 17.2 Å². The van der Waals surface area contributed by atoms with Crippen molar-refractivity contribution in [3.63, 3.8) is 0 Å². The zero-order chi connectivity index (χ0) is 15.6. The smallest absolute Gasteiger partial charge is 0.335 e. The molecule has 0 unspecified atom stereocenters. The first-order valence-electron chi connectivity index (χ1n) is 6.00. The fourth-order valence-corrected chi connectivity index (χ4v) is 2.65. The van der Waals surface area contributed by atoms with Crippen LogP contribution in [-0.2, 0) is 0 Å². The Bertz CT molecular complexity index is 640. The maximum Gasteiger partial charge on any atom is 0.412 e. The first-order valence-corrected chi connectivity index (χ1v) is 6.82. The lowest BCUT2D eigenvalue weighted by Gasteiger charge is -2.21. The molecule has 0 radical (unpaired) electrons. The van der Waals surface area contributed by atoms with Gasteiger partial charge in [-0.15, -0.1) is 11.3 Å². The van der Waals surface area contributed by atoms with E-state index in [1.807, 2.05) is 5.32 Å². The third kappa shape index (κ3) is 3.57. The molecule has 2 heterocycles. The molecule has 1 amide bonds. The van der Waals surface area contributed by atoms with E-state index in [0.717, 1.165) is 6.20 Å². The lowest BCUT2D eigenvalue weighted by molar-refractivity contribution is -0.155. The van der Waals surface area contributed by atoms with E-state index < -0.39 is 18.1 Å². The molecular weight excluding hydrogens is 303 g/mol. The van der Waals surface area contributed by atoms with Crippen LogP contribution in [0.25, 0.3) is 0 Å². The second-order valence-corrected chi connectivity index (χ2v) is 5.78. The number of hydrogen-bond acceptors (Lipinski definition) is 4. The molecule has 0 spiro atoms. The van der Waals surface area contributed by atoms with Crippen LogP contribution in [0.1, 0.15) is 32.0 Å². The molecule has 1 atom stereocenters. The molecule has 4 nitrogen and oxygen atoms in total. The summed E-state index contributed by atoms with van der Waals surface area (Å²) in [4.78, 5) is 20.2. The van der Waals surface area contributed by atoms with Gasteiger partial charge in [0.15, 0.2) is 6.04 Å². The van der Waals surface area contributed by atoms with Gasteiger partial charge in [0.2, 0.25) is 0 Å². The Labute approximate surface area is 123 Å². The normalized spacial score (nSPS) is 13.0. The summed E-state index contributed by atoms with van der Waals surface area (Å²) in [5.41, 5.74) is -0.0985. The van der Waals surface area contributed by atoms with E-state index in [-0.39, 0.29) is 11.3 Å². The summed E-state index contributed by atoms with van der Waals surface area (Å²) in [6, 6.07) is 0.545. The van der Waals surface area contributed by atoms with Gasteiger partial charge in [0.05, 0.1) is 5.01 Å². The van der Waals surface area contributed by atoms with Crippen molar-refractivity contribution in [2.45, 2.75) is 26.1 Å². The summed E-state index contributed by atoms with van der Waals surface area (Å²) >= 11 is 1.26. The van der Waals surface area contributed by atoms with Crippen LogP contribution in [0.4, 0.5) is 13.2 Å². The number of amides is 1. The molecule has 8 heteroatoms. The fourth-order valence-electron chi connectivity index (χ4n) is 1.84. The molecule has 0 aliphatic rings. The highest BCUT2D eigenvalue weighted by atomic mass is 32.1. The molecule has 2 aromatic heterocycles. The van der Waals surface area contributed by atoms with Gasteiger partial charge in [0.25, 0.3) is 5.91 Å². The zero-order valence-corrected chi connectivity index (χ0v) is 12.0. The van der Waals surface area contributed by atoms with Crippen LogP contribution in [-0.4, -0.2) is 22.1 Å². The van der Waals surface area contributed by atoms with Gasteiger partial charge >= 0.3 is 6.18 Å². The number of carbonyl (C=O) groups excluding carboxylic acids is 1. The largest absolute Gasteiger partial charge is 0.412 e. The van der Waals surface area contributed by atoms with E-state index in [1.54, 1.807) is 13.8 Å². The predicted octanol–water partition coefficient (Wildman–Crippen LogP) is 3.19. The molecule has 0 bridgehead atoms. The summed E-state index contributed by atoms with van der Waals surface area (Å²) < 4.78 is 39.4. The number of alkyl halides is 3. The Hall–Kier alpha value is -1.96. The van der Waals surface area contributed by atoms with Gasteiger partial charge in [-0.05, 0) is 19.9 Å². The van der Waals surface area contributed by atoms with Crippen LogP contribution in [0, 0.1) is 13.8 Å². The lowest BCUT2D eigenvalue weighted by Crippen LogP contribution is -2.38. The van der Waals surface area contributed by atoms with E-state index in [9.17, 15) is 18.0 Å². The van der Waals surface area contributed by atoms with Crippen LogP contribution in [0.2, 0.25) is 0 Å². The monoisotopic (exact) mass is 315 g/mol. The van der Waals surface area contributed by atoms with E-state index in [0.29, 0.717) is 9.88 Å². The van der Waals surface area contributed by atoms with Crippen molar-refractivity contribution in [2.24, 2.45) is 0 Å². The molecule has 0 saturated heterocycles. The molecule has 0 saturated carbocycles. The van der Waals surface area contributed by atoms with Gasteiger partial charge < -0.3 is 5.32 Å². The van der Waals surface area contributed by atoms with Crippen LogP contribution in [0.3, 0.4) is 0 Å². The Morgan fingerprint density at radius 1 is 1.38 bits per heavy atom. The zero-order valence-electron chi connectivity index (χ0n) is 11.2. The SMILES string of the molecule is Cc1nc(C(=O)N[C@H](c2cccnc2)C(F)(F)F)c(C)s1. The predicted molar refractivity (Wildman–Crippen MR) is 72.1 cm³/mol. The quantitative estimate of drug-likeness (QED) is 0.946. The molecule has 21 heavy (non-hydrogen) atoms. The highest BCUT2D eigenvalue weighted by Gasteiger charge is 2.42. The van der Waals surface area contributed by atoms with E-state index in [4.69, 9.17) is 0 Å². The minimum Gasteiger partial charge on any atom is -0.335 e. The number of aryl methyl sites for hydroxylation is 2. The molecule has 2 aromatic rings. The van der Waals surface area contributed by atoms with E-state index in [1.165, 1.54) is 29.7 Å². The minimum atomic E-state index is -4.61. The van der Waals surface area contributed by atoms with Gasteiger partial charge in [-0.25, -0.2) is 4.98 Å². The second kappa shape index (κ2) is 5.80.